The first-order valence-electron chi connectivity index (χ1n) is 12.0. The predicted octanol–water partition coefficient (Wildman–Crippen LogP) is 7.55. The summed E-state index contributed by atoms with van der Waals surface area (Å²) in [5.41, 5.74) is 1.46. The second-order valence-corrected chi connectivity index (χ2v) is 13.3. The molecule has 1 atom stereocenters. The van der Waals surface area contributed by atoms with Gasteiger partial charge in [-0.2, -0.15) is 5.26 Å². The molecule has 1 heterocycles. The van der Waals surface area contributed by atoms with Gasteiger partial charge in [-0.05, 0) is 60.2 Å². The van der Waals surface area contributed by atoms with Gasteiger partial charge in [-0.1, -0.05) is 74.7 Å². The molecule has 3 rings (SSSR count). The molecule has 0 N–H and O–H groups in total. The number of cyclic esters (lactones) is 1. The monoisotopic (exact) mass is 429 g/mol. The Labute approximate surface area is 192 Å². The fourth-order valence-electron chi connectivity index (χ4n) is 4.77. The van der Waals surface area contributed by atoms with Crippen molar-refractivity contribution >= 4 is 5.97 Å². The summed E-state index contributed by atoms with van der Waals surface area (Å²) >= 11 is 0. The minimum absolute atomic E-state index is 0.0208. The van der Waals surface area contributed by atoms with Gasteiger partial charge in [0, 0.05) is 11.8 Å². The highest BCUT2D eigenvalue weighted by Crippen LogP contribution is 2.55. The molecule has 0 radical (unpaired) electrons. The third kappa shape index (κ3) is 8.18. The Kier molecular flexibility index (Phi) is 8.87. The lowest BCUT2D eigenvalue weighted by atomic mass is 9.54. The lowest BCUT2D eigenvalue weighted by molar-refractivity contribution is -0.143. The van der Waals surface area contributed by atoms with Crippen LogP contribution in [0.15, 0.2) is 0 Å². The van der Waals surface area contributed by atoms with Crippen molar-refractivity contribution in [3.63, 3.8) is 0 Å². The Bertz CT molecular complexity index is 677. The largest absolute Gasteiger partial charge is 0.465 e. The number of hydrogen-bond acceptors (Lipinski definition) is 3. The van der Waals surface area contributed by atoms with Crippen molar-refractivity contribution in [2.75, 3.05) is 6.61 Å². The molecule has 0 spiro atoms. The van der Waals surface area contributed by atoms with E-state index in [9.17, 15) is 4.79 Å². The molecule has 0 aromatic carbocycles. The molecule has 0 aromatic heterocycles. The van der Waals surface area contributed by atoms with Crippen LogP contribution in [0.3, 0.4) is 0 Å². The van der Waals surface area contributed by atoms with Crippen molar-refractivity contribution < 1.29 is 9.53 Å². The first-order chi connectivity index (χ1) is 14.0. The highest BCUT2D eigenvalue weighted by Gasteiger charge is 2.46. The third-order valence-electron chi connectivity index (χ3n) is 7.33. The Hall–Kier alpha value is -1.48. The van der Waals surface area contributed by atoms with E-state index in [-0.39, 0.29) is 17.3 Å². The van der Waals surface area contributed by atoms with E-state index in [1.54, 1.807) is 0 Å². The lowest BCUT2D eigenvalue weighted by Gasteiger charge is -2.50. The summed E-state index contributed by atoms with van der Waals surface area (Å²) in [6.45, 7) is 20.4. The molecule has 2 aliphatic carbocycles. The number of terminal acetylenes is 1. The minimum Gasteiger partial charge on any atom is -0.465 e. The van der Waals surface area contributed by atoms with E-state index >= 15 is 0 Å². The van der Waals surface area contributed by atoms with Crippen LogP contribution in [-0.4, -0.2) is 12.6 Å². The average molecular weight is 430 g/mol. The molecule has 0 aromatic rings. The quantitative estimate of drug-likeness (QED) is 0.336. The molecular formula is C28H47NO2. The Morgan fingerprint density at radius 2 is 1.58 bits per heavy atom. The van der Waals surface area contributed by atoms with E-state index in [0.29, 0.717) is 28.3 Å². The van der Waals surface area contributed by atoms with Gasteiger partial charge < -0.3 is 4.74 Å². The molecule has 1 aliphatic heterocycles. The molecule has 1 saturated heterocycles. The predicted molar refractivity (Wildman–Crippen MR) is 129 cm³/mol. The van der Waals surface area contributed by atoms with Crippen molar-refractivity contribution in [2.24, 2.45) is 33.0 Å². The molecule has 3 aliphatic rings. The molecule has 2 saturated carbocycles. The van der Waals surface area contributed by atoms with Gasteiger partial charge in [0.2, 0.25) is 0 Å². The van der Waals surface area contributed by atoms with Crippen molar-refractivity contribution in [3.05, 3.63) is 0 Å². The minimum atomic E-state index is -0.0208. The summed E-state index contributed by atoms with van der Waals surface area (Å²) < 4.78 is 4.85. The Balaban J connectivity index is 0.000000233. The number of nitrogens with zero attached hydrogens (tertiary/aromatic N) is 1. The summed E-state index contributed by atoms with van der Waals surface area (Å²) in [5, 5.41) is 8.68. The van der Waals surface area contributed by atoms with Gasteiger partial charge in [0.1, 0.15) is 0 Å². The number of esters is 1. The Morgan fingerprint density at radius 3 is 1.71 bits per heavy atom. The maximum absolute atomic E-state index is 11.0. The normalized spacial score (nSPS) is 23.5. The molecule has 31 heavy (non-hydrogen) atoms. The van der Waals surface area contributed by atoms with Gasteiger partial charge in [0.05, 0.1) is 18.6 Å². The maximum atomic E-state index is 11.0. The summed E-state index contributed by atoms with van der Waals surface area (Å²) in [6.07, 6.45) is 14.6. The number of hydrogen-bond donors (Lipinski definition) is 0. The van der Waals surface area contributed by atoms with E-state index in [1.807, 2.05) is 0 Å². The molecule has 0 bridgehead atoms. The molecule has 0 amide bonds. The van der Waals surface area contributed by atoms with Gasteiger partial charge in [-0.15, -0.1) is 6.42 Å². The highest BCUT2D eigenvalue weighted by atomic mass is 16.5. The molecule has 3 heteroatoms. The summed E-state index contributed by atoms with van der Waals surface area (Å²) in [6, 6.07) is 2.32. The van der Waals surface area contributed by atoms with Gasteiger partial charge in [0.25, 0.3) is 0 Å². The fraction of sp³-hybridized carbons (Fsp3) is 0.857. The number of carbonyl (C=O) groups excluding carboxylic acids is 1. The van der Waals surface area contributed by atoms with Crippen LogP contribution in [0.1, 0.15) is 114 Å². The average Bonchev–Trinajstić information content (AvgIpc) is 3.17. The van der Waals surface area contributed by atoms with Gasteiger partial charge in [-0.3, -0.25) is 4.79 Å². The van der Waals surface area contributed by atoms with Crippen LogP contribution in [0.5, 0.6) is 0 Å². The molecule has 1 unspecified atom stereocenters. The first-order valence-corrected chi connectivity index (χ1v) is 12.0. The second kappa shape index (κ2) is 9.98. The summed E-state index contributed by atoms with van der Waals surface area (Å²) in [4.78, 5) is 11.0. The first kappa shape index (κ1) is 27.6. The van der Waals surface area contributed by atoms with E-state index < -0.39 is 0 Å². The Morgan fingerprint density at radius 1 is 1.03 bits per heavy atom. The standard InChI is InChI=1S/C10H17N.C10H16.C8H14O2/c1-9(2,3)10(7-8-11)5-4-6-10;1-5-10(6-7-10)8-9(2,3)4;1-8(2,3)6-4-5-10-7(6)9/h4-7H2,1-3H3;1H,6-8H2,2-4H3;6H,4-5H2,1-3H3. The van der Waals surface area contributed by atoms with Crippen molar-refractivity contribution in [1.82, 2.24) is 0 Å². The van der Waals surface area contributed by atoms with Crippen LogP contribution >= 0.6 is 0 Å². The van der Waals surface area contributed by atoms with Crippen molar-refractivity contribution in [3.8, 4) is 18.4 Å². The number of ether oxygens (including phenoxy) is 1. The number of rotatable bonds is 2. The van der Waals surface area contributed by atoms with Crippen molar-refractivity contribution in [1.29, 1.82) is 5.26 Å². The van der Waals surface area contributed by atoms with E-state index in [1.165, 1.54) is 38.5 Å². The van der Waals surface area contributed by atoms with Crippen LogP contribution in [0.2, 0.25) is 0 Å². The fourth-order valence-corrected chi connectivity index (χ4v) is 4.77. The van der Waals surface area contributed by atoms with Gasteiger partial charge in [-0.25, -0.2) is 0 Å². The van der Waals surface area contributed by atoms with Crippen LogP contribution < -0.4 is 0 Å². The van der Waals surface area contributed by atoms with E-state index in [2.05, 4.69) is 74.3 Å². The van der Waals surface area contributed by atoms with Gasteiger partial charge >= 0.3 is 5.97 Å². The number of nitriles is 1. The van der Waals surface area contributed by atoms with Crippen LogP contribution in [0.25, 0.3) is 0 Å². The second-order valence-electron chi connectivity index (χ2n) is 13.3. The van der Waals surface area contributed by atoms with Crippen LogP contribution in [0.4, 0.5) is 0 Å². The summed E-state index contributed by atoms with van der Waals surface area (Å²) in [5.74, 6) is 3.01. The smallest absolute Gasteiger partial charge is 0.309 e. The zero-order valence-corrected chi connectivity index (χ0v) is 21.8. The third-order valence-corrected chi connectivity index (χ3v) is 7.33. The highest BCUT2D eigenvalue weighted by molar-refractivity contribution is 5.74. The van der Waals surface area contributed by atoms with Crippen molar-refractivity contribution in [2.45, 2.75) is 114 Å². The molecule has 3 fully saturated rings. The zero-order valence-electron chi connectivity index (χ0n) is 21.8. The SMILES string of the molecule is C#CC1(CC(C)(C)C)CC1.CC(C)(C)C1(CC#N)CCC1.CC(C)(C)C1CCOC1=O. The van der Waals surface area contributed by atoms with Crippen LogP contribution in [0, 0.1) is 56.7 Å². The molecule has 3 nitrogen and oxygen atoms in total. The van der Waals surface area contributed by atoms with Gasteiger partial charge in [0.15, 0.2) is 0 Å². The molecule has 176 valence electrons. The topological polar surface area (TPSA) is 50.1 Å². The van der Waals surface area contributed by atoms with Crippen LogP contribution in [-0.2, 0) is 9.53 Å². The lowest BCUT2D eigenvalue weighted by Crippen LogP contribution is -2.41. The maximum Gasteiger partial charge on any atom is 0.309 e. The van der Waals surface area contributed by atoms with E-state index in [0.717, 1.165) is 12.8 Å². The zero-order chi connectivity index (χ0) is 24.1. The summed E-state index contributed by atoms with van der Waals surface area (Å²) in [7, 11) is 0. The molecular weight excluding hydrogens is 382 g/mol. The number of carbonyl (C=O) groups is 1. The van der Waals surface area contributed by atoms with E-state index in [4.69, 9.17) is 16.4 Å².